The number of hydrogen-bond donors (Lipinski definition) is 1. The van der Waals surface area contributed by atoms with E-state index in [1.165, 1.54) is 5.56 Å². The maximum atomic E-state index is 11.6. The summed E-state index contributed by atoms with van der Waals surface area (Å²) < 4.78 is 6.97. The molecule has 0 saturated carbocycles. The molecule has 0 saturated heterocycles. The molecule has 0 radical (unpaired) electrons. The summed E-state index contributed by atoms with van der Waals surface area (Å²) in [5.74, 6) is 0.725. The van der Waals surface area contributed by atoms with Crippen molar-refractivity contribution in [3.63, 3.8) is 0 Å². The van der Waals surface area contributed by atoms with E-state index < -0.39 is 0 Å². The Morgan fingerprint density at radius 3 is 2.76 bits per heavy atom. The third-order valence-corrected chi connectivity index (χ3v) is 2.42. The standard InChI is InChI=1S/C13H14N2O2/c1-11-4-6-15(7-5-11)10-13(16)14-9-12-3-2-8-17-12/h2-8H,9-10H2,1H3/p+1. The predicted octanol–water partition coefficient (Wildman–Crippen LogP) is 1.19. The molecule has 17 heavy (non-hydrogen) atoms. The number of rotatable bonds is 4. The van der Waals surface area contributed by atoms with Gasteiger partial charge in [-0.2, -0.15) is 4.57 Å². The van der Waals surface area contributed by atoms with Crippen LogP contribution in [0.2, 0.25) is 0 Å². The summed E-state index contributed by atoms with van der Waals surface area (Å²) in [6.07, 6.45) is 5.37. The van der Waals surface area contributed by atoms with Gasteiger partial charge in [0.05, 0.1) is 12.8 Å². The summed E-state index contributed by atoms with van der Waals surface area (Å²) in [5.41, 5.74) is 1.18. The molecule has 0 spiro atoms. The van der Waals surface area contributed by atoms with Crippen LogP contribution in [0.3, 0.4) is 0 Å². The normalized spacial score (nSPS) is 10.2. The molecule has 0 aliphatic rings. The van der Waals surface area contributed by atoms with Crippen molar-refractivity contribution in [2.45, 2.75) is 20.0 Å². The fourth-order valence-corrected chi connectivity index (χ4v) is 1.46. The van der Waals surface area contributed by atoms with Crippen LogP contribution < -0.4 is 9.88 Å². The van der Waals surface area contributed by atoms with Crippen LogP contribution >= 0.6 is 0 Å². The second-order valence-corrected chi connectivity index (χ2v) is 3.90. The molecule has 0 fully saturated rings. The predicted molar refractivity (Wildman–Crippen MR) is 61.9 cm³/mol. The molecule has 0 aliphatic carbocycles. The van der Waals surface area contributed by atoms with Gasteiger partial charge in [-0.15, -0.1) is 0 Å². The number of hydrogen-bond acceptors (Lipinski definition) is 2. The van der Waals surface area contributed by atoms with Gasteiger partial charge < -0.3 is 9.73 Å². The summed E-state index contributed by atoms with van der Waals surface area (Å²) in [4.78, 5) is 11.6. The van der Waals surface area contributed by atoms with Crippen molar-refractivity contribution in [3.8, 4) is 0 Å². The number of nitrogens with one attached hydrogen (secondary N) is 1. The number of pyridine rings is 1. The van der Waals surface area contributed by atoms with Crippen LogP contribution in [0.25, 0.3) is 0 Å². The number of nitrogens with zero attached hydrogens (tertiary/aromatic N) is 1. The third-order valence-electron chi connectivity index (χ3n) is 2.42. The summed E-state index contributed by atoms with van der Waals surface area (Å²) in [6.45, 7) is 2.76. The number of carbonyl (C=O) groups excluding carboxylic acids is 1. The SMILES string of the molecule is Cc1cc[n+](CC(=O)NCc2ccco2)cc1. The Morgan fingerprint density at radius 1 is 1.35 bits per heavy atom. The quantitative estimate of drug-likeness (QED) is 0.803. The molecule has 4 heteroatoms. The van der Waals surface area contributed by atoms with Crippen LogP contribution in [0.4, 0.5) is 0 Å². The zero-order chi connectivity index (χ0) is 12.1. The molecule has 0 aromatic carbocycles. The first-order valence-electron chi connectivity index (χ1n) is 5.49. The van der Waals surface area contributed by atoms with Crippen molar-refractivity contribution < 1.29 is 13.8 Å². The zero-order valence-corrected chi connectivity index (χ0v) is 9.72. The van der Waals surface area contributed by atoms with Crippen molar-refractivity contribution in [1.82, 2.24) is 5.32 Å². The van der Waals surface area contributed by atoms with E-state index >= 15 is 0 Å². The molecule has 0 unspecified atom stereocenters. The molecule has 1 N–H and O–H groups in total. The van der Waals surface area contributed by atoms with Crippen molar-refractivity contribution in [2.75, 3.05) is 0 Å². The highest BCUT2D eigenvalue weighted by Crippen LogP contribution is 1.98. The van der Waals surface area contributed by atoms with Gasteiger partial charge in [-0.1, -0.05) is 0 Å². The van der Waals surface area contributed by atoms with Crippen LogP contribution in [0.15, 0.2) is 47.3 Å². The van der Waals surface area contributed by atoms with Crippen LogP contribution in [0.1, 0.15) is 11.3 Å². The Morgan fingerprint density at radius 2 is 2.12 bits per heavy atom. The Labute approximate surface area is 99.9 Å². The zero-order valence-electron chi connectivity index (χ0n) is 9.72. The lowest BCUT2D eigenvalue weighted by Crippen LogP contribution is -2.42. The van der Waals surface area contributed by atoms with E-state index in [0.717, 1.165) is 5.76 Å². The minimum absolute atomic E-state index is 0.0322. The first-order valence-corrected chi connectivity index (χ1v) is 5.49. The highest BCUT2D eigenvalue weighted by molar-refractivity contribution is 5.74. The van der Waals surface area contributed by atoms with Gasteiger partial charge in [-0.3, -0.25) is 4.79 Å². The van der Waals surface area contributed by atoms with Crippen molar-refractivity contribution in [2.24, 2.45) is 0 Å². The van der Waals surface area contributed by atoms with Crippen molar-refractivity contribution in [1.29, 1.82) is 0 Å². The van der Waals surface area contributed by atoms with Crippen LogP contribution in [-0.2, 0) is 17.9 Å². The fourth-order valence-electron chi connectivity index (χ4n) is 1.46. The van der Waals surface area contributed by atoms with Gasteiger partial charge in [0.15, 0.2) is 12.4 Å². The van der Waals surface area contributed by atoms with Crippen molar-refractivity contribution in [3.05, 3.63) is 54.2 Å². The largest absolute Gasteiger partial charge is 0.467 e. The Kier molecular flexibility index (Phi) is 3.55. The summed E-state index contributed by atoms with van der Waals surface area (Å²) in [7, 11) is 0. The van der Waals surface area contributed by atoms with E-state index in [9.17, 15) is 4.79 Å². The first kappa shape index (κ1) is 11.4. The summed E-state index contributed by atoms with van der Waals surface area (Å²) in [5, 5.41) is 2.79. The van der Waals surface area contributed by atoms with Crippen LogP contribution in [-0.4, -0.2) is 5.91 Å². The smallest absolute Gasteiger partial charge is 0.286 e. The molecule has 88 valence electrons. The molecule has 2 rings (SSSR count). The maximum Gasteiger partial charge on any atom is 0.286 e. The van der Waals surface area contributed by atoms with Crippen molar-refractivity contribution >= 4 is 5.91 Å². The fraction of sp³-hybridized carbons (Fsp3) is 0.231. The average molecular weight is 231 g/mol. The summed E-state index contributed by atoms with van der Waals surface area (Å²) >= 11 is 0. The Balaban J connectivity index is 1.83. The number of furan rings is 1. The van der Waals surface area contributed by atoms with E-state index in [-0.39, 0.29) is 5.91 Å². The number of aryl methyl sites for hydroxylation is 1. The van der Waals surface area contributed by atoms with Gasteiger partial charge in [0.25, 0.3) is 5.91 Å². The number of amides is 1. The molecule has 0 bridgehead atoms. The summed E-state index contributed by atoms with van der Waals surface area (Å²) in [6, 6.07) is 7.58. The third kappa shape index (κ3) is 3.45. The number of carbonyl (C=O) groups is 1. The highest BCUT2D eigenvalue weighted by atomic mass is 16.3. The minimum atomic E-state index is -0.0322. The lowest BCUT2D eigenvalue weighted by atomic mass is 10.3. The van der Waals surface area contributed by atoms with Crippen LogP contribution in [0.5, 0.6) is 0 Å². The molecule has 1 amide bonds. The topological polar surface area (TPSA) is 46.1 Å². The van der Waals surface area contributed by atoms with E-state index in [0.29, 0.717) is 13.1 Å². The average Bonchev–Trinajstić information content (AvgIpc) is 2.83. The molecule has 0 aliphatic heterocycles. The van der Waals surface area contributed by atoms with Crippen LogP contribution in [0, 0.1) is 6.92 Å². The second kappa shape index (κ2) is 5.30. The van der Waals surface area contributed by atoms with Gasteiger partial charge in [0.2, 0.25) is 6.54 Å². The van der Waals surface area contributed by atoms with Gasteiger partial charge in [-0.05, 0) is 24.6 Å². The van der Waals surface area contributed by atoms with Gasteiger partial charge >= 0.3 is 0 Å². The minimum Gasteiger partial charge on any atom is -0.467 e. The van der Waals surface area contributed by atoms with E-state index in [4.69, 9.17) is 4.42 Å². The monoisotopic (exact) mass is 231 g/mol. The number of aromatic nitrogens is 1. The van der Waals surface area contributed by atoms with Gasteiger partial charge in [0, 0.05) is 12.1 Å². The molecule has 2 aromatic heterocycles. The highest BCUT2D eigenvalue weighted by Gasteiger charge is 2.08. The molecule has 2 heterocycles. The molecule has 0 atom stereocenters. The lowest BCUT2D eigenvalue weighted by Gasteiger charge is -2.00. The molecular weight excluding hydrogens is 216 g/mol. The molecule has 2 aromatic rings. The lowest BCUT2D eigenvalue weighted by molar-refractivity contribution is -0.684. The molecule has 4 nitrogen and oxygen atoms in total. The van der Waals surface area contributed by atoms with Gasteiger partial charge in [0.1, 0.15) is 5.76 Å². The Bertz CT molecular complexity index is 475. The van der Waals surface area contributed by atoms with Gasteiger partial charge in [-0.25, -0.2) is 0 Å². The maximum absolute atomic E-state index is 11.6. The van der Waals surface area contributed by atoms with E-state index in [1.807, 2.05) is 42.1 Å². The molecular formula is C13H15N2O2+. The van der Waals surface area contributed by atoms with E-state index in [1.54, 1.807) is 12.3 Å². The van der Waals surface area contributed by atoms with E-state index in [2.05, 4.69) is 5.32 Å². The Hall–Kier alpha value is -2.10. The first-order chi connectivity index (χ1) is 8.24. The second-order valence-electron chi connectivity index (χ2n) is 3.90.